The second-order valence-corrected chi connectivity index (χ2v) is 9.79. The summed E-state index contributed by atoms with van der Waals surface area (Å²) in [6, 6.07) is 2.89. The molecule has 1 aliphatic carbocycles. The maximum absolute atomic E-state index is 14.4. The first-order valence-electron chi connectivity index (χ1n) is 10.9. The van der Waals surface area contributed by atoms with Crippen molar-refractivity contribution >= 4 is 28.2 Å². The summed E-state index contributed by atoms with van der Waals surface area (Å²) in [5, 5.41) is 19.7. The Morgan fingerprint density at radius 3 is 2.91 bits per heavy atom. The van der Waals surface area contributed by atoms with Crippen molar-refractivity contribution in [3.05, 3.63) is 36.2 Å². The van der Waals surface area contributed by atoms with Gasteiger partial charge >= 0.3 is 0 Å². The van der Waals surface area contributed by atoms with Gasteiger partial charge in [-0.15, -0.1) is 5.10 Å². The Morgan fingerprint density at radius 2 is 2.15 bits per heavy atom. The van der Waals surface area contributed by atoms with E-state index in [9.17, 15) is 9.50 Å². The number of piperidine rings is 1. The predicted molar refractivity (Wildman–Crippen MR) is 120 cm³/mol. The molecule has 0 bridgehead atoms. The van der Waals surface area contributed by atoms with Crippen LogP contribution in [0.2, 0.25) is 0 Å². The van der Waals surface area contributed by atoms with E-state index in [2.05, 4.69) is 15.0 Å². The maximum Gasteiger partial charge on any atom is 0.223 e. The number of aromatic nitrogens is 6. The van der Waals surface area contributed by atoms with E-state index < -0.39 is 11.4 Å². The van der Waals surface area contributed by atoms with E-state index in [-0.39, 0.29) is 17.1 Å². The van der Waals surface area contributed by atoms with E-state index >= 15 is 0 Å². The Labute approximate surface area is 188 Å². The molecule has 6 rings (SSSR count). The van der Waals surface area contributed by atoms with Crippen molar-refractivity contribution in [3.63, 3.8) is 0 Å². The molecule has 10 nitrogen and oxygen atoms in total. The zero-order valence-electron chi connectivity index (χ0n) is 18.7. The molecule has 11 heteroatoms. The SMILES string of the molecule is COc1cc2nc(N)n3nc(C45CC4CN(c4cnn(CC(C)(C)O)c4)C5)nc3c2cc1F. The number of anilines is 2. The molecular formula is C22H25FN8O2. The molecule has 2 aliphatic rings. The minimum atomic E-state index is -0.835. The number of nitrogens with two attached hydrogens (primary N) is 1. The molecule has 2 unspecified atom stereocenters. The van der Waals surface area contributed by atoms with Crippen LogP contribution in [-0.2, 0) is 12.0 Å². The maximum atomic E-state index is 14.4. The highest BCUT2D eigenvalue weighted by molar-refractivity contribution is 5.93. The molecule has 2 fully saturated rings. The highest BCUT2D eigenvalue weighted by atomic mass is 19.1. The lowest BCUT2D eigenvalue weighted by Crippen LogP contribution is -2.27. The third-order valence-electron chi connectivity index (χ3n) is 6.69. The molecule has 3 aromatic heterocycles. The molecule has 0 spiro atoms. The van der Waals surface area contributed by atoms with Crippen LogP contribution in [0.15, 0.2) is 24.5 Å². The second-order valence-electron chi connectivity index (χ2n) is 9.79. The Bertz CT molecular complexity index is 1410. The van der Waals surface area contributed by atoms with Gasteiger partial charge in [0.1, 0.15) is 0 Å². The van der Waals surface area contributed by atoms with Gasteiger partial charge in [-0.1, -0.05) is 0 Å². The summed E-state index contributed by atoms with van der Waals surface area (Å²) in [5.41, 5.74) is 7.17. The molecule has 0 amide bonds. The quantitative estimate of drug-likeness (QED) is 0.470. The van der Waals surface area contributed by atoms with Gasteiger partial charge in [0.15, 0.2) is 23.0 Å². The number of halogens is 1. The molecule has 0 radical (unpaired) electrons. The lowest BCUT2D eigenvalue weighted by atomic mass is 10.1. The topological polar surface area (TPSA) is 120 Å². The van der Waals surface area contributed by atoms with Crippen LogP contribution in [0.4, 0.5) is 16.0 Å². The van der Waals surface area contributed by atoms with Crippen LogP contribution in [0.5, 0.6) is 5.75 Å². The molecule has 1 aromatic carbocycles. The molecular weight excluding hydrogens is 427 g/mol. The Morgan fingerprint density at radius 1 is 1.33 bits per heavy atom. The van der Waals surface area contributed by atoms with Gasteiger partial charge in [0.05, 0.1) is 42.1 Å². The number of methoxy groups -OCH3 is 1. The van der Waals surface area contributed by atoms with E-state index in [4.69, 9.17) is 20.6 Å². The molecule has 1 saturated heterocycles. The van der Waals surface area contributed by atoms with Crippen LogP contribution in [0.25, 0.3) is 16.6 Å². The fourth-order valence-corrected chi connectivity index (χ4v) is 5.02. The van der Waals surface area contributed by atoms with Crippen molar-refractivity contribution in [3.8, 4) is 5.75 Å². The van der Waals surface area contributed by atoms with Crippen molar-refractivity contribution < 1.29 is 14.2 Å². The number of fused-ring (bicyclic) bond motifs is 4. The fourth-order valence-electron chi connectivity index (χ4n) is 5.02. The largest absolute Gasteiger partial charge is 0.494 e. The van der Waals surface area contributed by atoms with E-state index in [1.54, 1.807) is 18.5 Å². The minimum Gasteiger partial charge on any atom is -0.494 e. The van der Waals surface area contributed by atoms with Crippen molar-refractivity contribution in [2.45, 2.75) is 37.8 Å². The van der Waals surface area contributed by atoms with E-state index in [1.807, 2.05) is 12.4 Å². The molecule has 4 heterocycles. The van der Waals surface area contributed by atoms with Crippen LogP contribution in [0.1, 0.15) is 26.1 Å². The van der Waals surface area contributed by atoms with Gasteiger partial charge in [-0.3, -0.25) is 4.68 Å². The summed E-state index contributed by atoms with van der Waals surface area (Å²) in [5.74, 6) is 0.943. The summed E-state index contributed by atoms with van der Waals surface area (Å²) >= 11 is 0. The number of aliphatic hydroxyl groups is 1. The number of nitrogens with zero attached hydrogens (tertiary/aromatic N) is 7. The summed E-state index contributed by atoms with van der Waals surface area (Å²) in [6.07, 6.45) is 4.78. The van der Waals surface area contributed by atoms with E-state index in [0.717, 1.165) is 25.2 Å². The van der Waals surface area contributed by atoms with E-state index in [0.29, 0.717) is 34.8 Å². The van der Waals surface area contributed by atoms with Gasteiger partial charge in [0.2, 0.25) is 5.95 Å². The number of hydrogen-bond donors (Lipinski definition) is 2. The Hall–Kier alpha value is -3.47. The number of hydrogen-bond acceptors (Lipinski definition) is 8. The van der Waals surface area contributed by atoms with Gasteiger partial charge in [-0.05, 0) is 32.3 Å². The molecule has 4 aromatic rings. The van der Waals surface area contributed by atoms with Crippen LogP contribution >= 0.6 is 0 Å². The predicted octanol–water partition coefficient (Wildman–Crippen LogP) is 1.75. The lowest BCUT2D eigenvalue weighted by molar-refractivity contribution is 0.0577. The van der Waals surface area contributed by atoms with Crippen LogP contribution in [-0.4, -0.2) is 60.3 Å². The van der Waals surface area contributed by atoms with Crippen LogP contribution in [0.3, 0.4) is 0 Å². The van der Waals surface area contributed by atoms with Crippen molar-refractivity contribution in [2.75, 3.05) is 30.8 Å². The smallest absolute Gasteiger partial charge is 0.223 e. The zero-order chi connectivity index (χ0) is 23.1. The lowest BCUT2D eigenvalue weighted by Gasteiger charge is -2.20. The Balaban J connectivity index is 1.34. The molecule has 172 valence electrons. The zero-order valence-corrected chi connectivity index (χ0v) is 18.7. The van der Waals surface area contributed by atoms with Crippen molar-refractivity contribution in [2.24, 2.45) is 5.92 Å². The van der Waals surface area contributed by atoms with Gasteiger partial charge in [-0.25, -0.2) is 14.4 Å². The minimum absolute atomic E-state index is 0.107. The highest BCUT2D eigenvalue weighted by Crippen LogP contribution is 2.58. The fraction of sp³-hybridized carbons (Fsp3) is 0.455. The number of nitrogen functional groups attached to an aromatic ring is 1. The van der Waals surface area contributed by atoms with Crippen molar-refractivity contribution in [1.82, 2.24) is 29.4 Å². The normalized spacial score (nSPS) is 22.3. The molecule has 1 aliphatic heterocycles. The monoisotopic (exact) mass is 452 g/mol. The van der Waals surface area contributed by atoms with Gasteiger partial charge in [-0.2, -0.15) is 9.61 Å². The van der Waals surface area contributed by atoms with Crippen LogP contribution in [0, 0.1) is 11.7 Å². The number of rotatable bonds is 5. The first kappa shape index (κ1) is 20.2. The summed E-state index contributed by atoms with van der Waals surface area (Å²) in [4.78, 5) is 11.5. The highest BCUT2D eigenvalue weighted by Gasteiger charge is 2.63. The third kappa shape index (κ3) is 3.10. The number of ether oxygens (including phenoxy) is 1. The Kier molecular flexibility index (Phi) is 3.99. The molecule has 33 heavy (non-hydrogen) atoms. The van der Waals surface area contributed by atoms with Crippen molar-refractivity contribution in [1.29, 1.82) is 0 Å². The van der Waals surface area contributed by atoms with Crippen LogP contribution < -0.4 is 15.4 Å². The van der Waals surface area contributed by atoms with Gasteiger partial charge in [0.25, 0.3) is 0 Å². The van der Waals surface area contributed by atoms with Gasteiger partial charge < -0.3 is 20.5 Å². The summed E-state index contributed by atoms with van der Waals surface area (Å²) < 4.78 is 22.7. The average molecular weight is 452 g/mol. The standard InChI is InChI=1S/C22H25FN8O2/c1-21(2,32)10-30-9-13(7-25-30)29-8-12-6-22(12,11-29)19-27-18-14-4-15(23)17(33-3)5-16(14)26-20(24)31(18)28-19/h4-5,7,9,12,32H,6,8,10-11H2,1-3H3,(H2,24,26). The first-order chi connectivity index (χ1) is 15.7. The second kappa shape index (κ2) is 6.53. The first-order valence-corrected chi connectivity index (χ1v) is 10.9. The summed E-state index contributed by atoms with van der Waals surface area (Å²) in [7, 11) is 1.41. The van der Waals surface area contributed by atoms with E-state index in [1.165, 1.54) is 23.8 Å². The number of benzene rings is 1. The molecule has 1 saturated carbocycles. The molecule has 2 atom stereocenters. The average Bonchev–Trinajstić information content (AvgIpc) is 3.16. The summed E-state index contributed by atoms with van der Waals surface area (Å²) in [6.45, 7) is 5.58. The third-order valence-corrected chi connectivity index (χ3v) is 6.69. The van der Waals surface area contributed by atoms with Gasteiger partial charge in [0, 0.05) is 30.7 Å². The molecule has 3 N–H and O–H groups in total.